The number of nitrogens with two attached hydrogens (primary N) is 1. The van der Waals surface area contributed by atoms with Crippen molar-refractivity contribution in [3.05, 3.63) is 71.0 Å². The standard InChI is InChI=1S/C21H26FN3O2/c1-14(16-6-4-3-5-7-16)10-20(26)25-13-17(23)11-15-8-9-18(19(22)12-15)21(27)24-2/h3-9,12,14,17H,10-11,13,23H2,1-2H3,(H,24,27)(H,25,26)/t14-,17-/m0/s1. The molecule has 2 aromatic carbocycles. The van der Waals surface area contributed by atoms with Crippen LogP contribution in [0.15, 0.2) is 48.5 Å². The van der Waals surface area contributed by atoms with Gasteiger partial charge in [0.05, 0.1) is 5.56 Å². The van der Waals surface area contributed by atoms with Crippen LogP contribution in [0.3, 0.4) is 0 Å². The third-order valence-corrected chi connectivity index (χ3v) is 4.42. The zero-order chi connectivity index (χ0) is 19.8. The van der Waals surface area contributed by atoms with E-state index in [1.165, 1.54) is 19.2 Å². The Morgan fingerprint density at radius 1 is 1.15 bits per heavy atom. The minimum absolute atomic E-state index is 0.00183. The van der Waals surface area contributed by atoms with Crippen LogP contribution >= 0.6 is 0 Å². The van der Waals surface area contributed by atoms with Gasteiger partial charge in [-0.1, -0.05) is 43.3 Å². The van der Waals surface area contributed by atoms with Gasteiger partial charge in [0.15, 0.2) is 0 Å². The first kappa shape index (κ1) is 20.6. The molecular formula is C21H26FN3O2. The molecule has 0 radical (unpaired) electrons. The van der Waals surface area contributed by atoms with Crippen molar-refractivity contribution in [3.63, 3.8) is 0 Å². The normalized spacial score (nSPS) is 12.9. The van der Waals surface area contributed by atoms with Gasteiger partial charge in [-0.2, -0.15) is 0 Å². The zero-order valence-electron chi connectivity index (χ0n) is 15.7. The number of hydrogen-bond acceptors (Lipinski definition) is 3. The monoisotopic (exact) mass is 371 g/mol. The summed E-state index contributed by atoms with van der Waals surface area (Å²) in [5.74, 6) is -1.00. The van der Waals surface area contributed by atoms with Crippen molar-refractivity contribution >= 4 is 11.8 Å². The second kappa shape index (κ2) is 9.83. The van der Waals surface area contributed by atoms with Crippen LogP contribution in [-0.4, -0.2) is 31.4 Å². The predicted octanol–water partition coefficient (Wildman–Crippen LogP) is 2.37. The molecule has 0 fully saturated rings. The van der Waals surface area contributed by atoms with Gasteiger partial charge in [-0.3, -0.25) is 9.59 Å². The van der Waals surface area contributed by atoms with Crippen LogP contribution in [0.5, 0.6) is 0 Å². The number of amides is 2. The Hall–Kier alpha value is -2.73. The lowest BCUT2D eigenvalue weighted by Gasteiger charge is -2.15. The van der Waals surface area contributed by atoms with Gasteiger partial charge in [0.1, 0.15) is 5.82 Å². The maximum Gasteiger partial charge on any atom is 0.253 e. The van der Waals surface area contributed by atoms with Crippen LogP contribution in [0.2, 0.25) is 0 Å². The number of halogens is 1. The van der Waals surface area contributed by atoms with Crippen LogP contribution < -0.4 is 16.4 Å². The minimum atomic E-state index is -0.584. The lowest BCUT2D eigenvalue weighted by molar-refractivity contribution is -0.121. The fourth-order valence-corrected chi connectivity index (χ4v) is 2.87. The van der Waals surface area contributed by atoms with E-state index < -0.39 is 11.7 Å². The molecule has 0 aliphatic carbocycles. The van der Waals surface area contributed by atoms with E-state index in [2.05, 4.69) is 10.6 Å². The topological polar surface area (TPSA) is 84.2 Å². The Morgan fingerprint density at radius 3 is 2.48 bits per heavy atom. The van der Waals surface area contributed by atoms with Crippen molar-refractivity contribution in [2.24, 2.45) is 5.73 Å². The first-order chi connectivity index (χ1) is 12.9. The van der Waals surface area contributed by atoms with Crippen LogP contribution in [-0.2, 0) is 11.2 Å². The van der Waals surface area contributed by atoms with Crippen molar-refractivity contribution in [2.75, 3.05) is 13.6 Å². The fraction of sp³-hybridized carbons (Fsp3) is 0.333. The summed E-state index contributed by atoms with van der Waals surface area (Å²) in [5, 5.41) is 5.23. The summed E-state index contributed by atoms with van der Waals surface area (Å²) >= 11 is 0. The highest BCUT2D eigenvalue weighted by Crippen LogP contribution is 2.18. The second-order valence-corrected chi connectivity index (χ2v) is 6.68. The molecule has 0 saturated heterocycles. The number of carbonyl (C=O) groups excluding carboxylic acids is 2. The van der Waals surface area contributed by atoms with Gasteiger partial charge in [-0.05, 0) is 35.6 Å². The lowest BCUT2D eigenvalue weighted by Crippen LogP contribution is -2.38. The summed E-state index contributed by atoms with van der Waals surface area (Å²) in [6, 6.07) is 13.9. The number of carbonyl (C=O) groups is 2. The van der Waals surface area contributed by atoms with Crippen molar-refractivity contribution in [1.29, 1.82) is 0 Å². The third-order valence-electron chi connectivity index (χ3n) is 4.42. The smallest absolute Gasteiger partial charge is 0.253 e. The predicted molar refractivity (Wildman–Crippen MR) is 104 cm³/mol. The van der Waals surface area contributed by atoms with Crippen LogP contribution in [0.1, 0.15) is 40.7 Å². The van der Waals surface area contributed by atoms with Crippen molar-refractivity contribution in [2.45, 2.75) is 31.7 Å². The molecule has 6 heteroatoms. The highest BCUT2D eigenvalue weighted by molar-refractivity contribution is 5.94. The molecule has 2 aromatic rings. The molecule has 0 saturated carbocycles. The molecule has 5 nitrogen and oxygen atoms in total. The molecule has 2 atom stereocenters. The van der Waals surface area contributed by atoms with E-state index in [-0.39, 0.29) is 23.4 Å². The van der Waals surface area contributed by atoms with E-state index in [1.54, 1.807) is 6.07 Å². The molecule has 27 heavy (non-hydrogen) atoms. The molecule has 0 spiro atoms. The quantitative estimate of drug-likeness (QED) is 0.666. The highest BCUT2D eigenvalue weighted by Gasteiger charge is 2.14. The summed E-state index contributed by atoms with van der Waals surface area (Å²) in [4.78, 5) is 23.6. The highest BCUT2D eigenvalue weighted by atomic mass is 19.1. The fourth-order valence-electron chi connectivity index (χ4n) is 2.87. The van der Waals surface area contributed by atoms with E-state index >= 15 is 0 Å². The number of nitrogens with one attached hydrogen (secondary N) is 2. The molecule has 0 aliphatic heterocycles. The molecule has 0 bridgehead atoms. The number of rotatable bonds is 8. The molecular weight excluding hydrogens is 345 g/mol. The van der Waals surface area contributed by atoms with Gasteiger partial charge >= 0.3 is 0 Å². The van der Waals surface area contributed by atoms with Crippen molar-refractivity contribution < 1.29 is 14.0 Å². The SMILES string of the molecule is CNC(=O)c1ccc(C[C@H](N)CNC(=O)C[C@H](C)c2ccccc2)cc1F. The first-order valence-electron chi connectivity index (χ1n) is 8.98. The maximum atomic E-state index is 14.0. The van der Waals surface area contributed by atoms with Crippen LogP contribution in [0, 0.1) is 5.82 Å². The third kappa shape index (κ3) is 6.18. The van der Waals surface area contributed by atoms with Crippen LogP contribution in [0.25, 0.3) is 0 Å². The summed E-state index contributed by atoms with van der Waals surface area (Å²) in [7, 11) is 1.45. The van der Waals surface area contributed by atoms with Gasteiger partial charge in [0.2, 0.25) is 5.91 Å². The van der Waals surface area contributed by atoms with Crippen molar-refractivity contribution in [3.8, 4) is 0 Å². The van der Waals surface area contributed by atoms with E-state index in [0.29, 0.717) is 24.9 Å². The molecule has 2 rings (SSSR count). The largest absolute Gasteiger partial charge is 0.355 e. The van der Waals surface area contributed by atoms with Gasteiger partial charge in [0, 0.05) is 26.1 Å². The maximum absolute atomic E-state index is 14.0. The Labute approximate surface area is 159 Å². The number of benzene rings is 2. The lowest BCUT2D eigenvalue weighted by atomic mass is 9.97. The number of hydrogen-bond donors (Lipinski definition) is 3. The molecule has 0 aromatic heterocycles. The molecule has 0 heterocycles. The van der Waals surface area contributed by atoms with E-state index in [4.69, 9.17) is 5.73 Å². The molecule has 144 valence electrons. The van der Waals surface area contributed by atoms with Gasteiger partial charge in [-0.25, -0.2) is 4.39 Å². The molecule has 2 amide bonds. The molecule has 0 unspecified atom stereocenters. The van der Waals surface area contributed by atoms with Crippen molar-refractivity contribution in [1.82, 2.24) is 10.6 Å². The summed E-state index contributed by atoms with van der Waals surface area (Å²) in [6.45, 7) is 2.31. The molecule has 4 N–H and O–H groups in total. The Kier molecular flexibility index (Phi) is 7.49. The van der Waals surface area contributed by atoms with E-state index in [0.717, 1.165) is 5.56 Å². The Balaban J connectivity index is 1.82. The van der Waals surface area contributed by atoms with Gasteiger partial charge in [-0.15, -0.1) is 0 Å². The zero-order valence-corrected chi connectivity index (χ0v) is 15.7. The van der Waals surface area contributed by atoms with Crippen LogP contribution in [0.4, 0.5) is 4.39 Å². The molecule has 0 aliphatic rings. The van der Waals surface area contributed by atoms with E-state index in [9.17, 15) is 14.0 Å². The van der Waals surface area contributed by atoms with E-state index in [1.807, 2.05) is 37.3 Å². The second-order valence-electron chi connectivity index (χ2n) is 6.68. The first-order valence-corrected chi connectivity index (χ1v) is 8.98. The Bertz CT molecular complexity index is 780. The average Bonchev–Trinajstić information content (AvgIpc) is 2.66. The Morgan fingerprint density at radius 2 is 1.85 bits per heavy atom. The van der Waals surface area contributed by atoms with Gasteiger partial charge in [0.25, 0.3) is 5.91 Å². The summed E-state index contributed by atoms with van der Waals surface area (Å²) < 4.78 is 14.0. The average molecular weight is 371 g/mol. The summed E-state index contributed by atoms with van der Waals surface area (Å²) in [6.07, 6.45) is 0.783. The van der Waals surface area contributed by atoms with Gasteiger partial charge < -0.3 is 16.4 Å². The summed E-state index contributed by atoms with van der Waals surface area (Å²) in [5.41, 5.74) is 7.85. The minimum Gasteiger partial charge on any atom is -0.355 e.